The zero-order valence-electron chi connectivity index (χ0n) is 9.37. The van der Waals surface area contributed by atoms with Crippen LogP contribution in [0.2, 0.25) is 5.02 Å². The van der Waals surface area contributed by atoms with Crippen LogP contribution in [0.5, 0.6) is 5.75 Å². The summed E-state index contributed by atoms with van der Waals surface area (Å²) in [6.07, 6.45) is 1.93. The zero-order valence-corrected chi connectivity index (χ0v) is 10.1. The number of carbonyl (C=O) groups excluding carboxylic acids is 1. The second-order valence-electron chi connectivity index (χ2n) is 4.20. The molecule has 1 aromatic carbocycles. The Morgan fingerprint density at radius 1 is 1.53 bits per heavy atom. The Labute approximate surface area is 105 Å². The van der Waals surface area contributed by atoms with Gasteiger partial charge < -0.3 is 15.7 Å². The summed E-state index contributed by atoms with van der Waals surface area (Å²) in [5, 5.41) is 15.5. The third kappa shape index (κ3) is 3.11. The van der Waals surface area contributed by atoms with Gasteiger partial charge in [-0.2, -0.15) is 0 Å². The Bertz CT molecular complexity index is 417. The van der Waals surface area contributed by atoms with Gasteiger partial charge in [0.1, 0.15) is 5.75 Å². The molecule has 0 spiro atoms. The van der Waals surface area contributed by atoms with Crippen LogP contribution in [0.4, 0.5) is 5.69 Å². The Morgan fingerprint density at radius 3 is 3.00 bits per heavy atom. The van der Waals surface area contributed by atoms with E-state index in [1.807, 2.05) is 0 Å². The lowest BCUT2D eigenvalue weighted by molar-refractivity contribution is -0.120. The molecule has 0 radical (unpaired) electrons. The second-order valence-corrected chi connectivity index (χ2v) is 4.61. The van der Waals surface area contributed by atoms with E-state index in [2.05, 4.69) is 10.6 Å². The number of aromatic hydroxyl groups is 1. The van der Waals surface area contributed by atoms with Crippen LogP contribution in [0, 0.1) is 5.92 Å². The fraction of sp³-hybridized carbons (Fsp3) is 0.417. The summed E-state index contributed by atoms with van der Waals surface area (Å²) >= 11 is 5.77. The normalized spacial score (nSPS) is 19.9. The SMILES string of the molecule is O=C(Nc1ccc(O)c(Cl)c1)[C@@H]1CCCNC1. The average Bonchev–Trinajstić information content (AvgIpc) is 2.35. The molecule has 1 aromatic rings. The number of anilines is 1. The van der Waals surface area contributed by atoms with Gasteiger partial charge in [0.25, 0.3) is 0 Å². The first-order chi connectivity index (χ1) is 8.16. The minimum Gasteiger partial charge on any atom is -0.506 e. The van der Waals surface area contributed by atoms with Crippen LogP contribution >= 0.6 is 11.6 Å². The molecular weight excluding hydrogens is 240 g/mol. The van der Waals surface area contributed by atoms with Crippen molar-refractivity contribution in [1.29, 1.82) is 0 Å². The van der Waals surface area contributed by atoms with E-state index < -0.39 is 0 Å². The number of amides is 1. The number of phenols is 1. The van der Waals surface area contributed by atoms with Crippen molar-refractivity contribution in [3.05, 3.63) is 23.2 Å². The minimum atomic E-state index is -0.000966. The van der Waals surface area contributed by atoms with Crippen molar-refractivity contribution >= 4 is 23.2 Å². The Hall–Kier alpha value is -1.26. The van der Waals surface area contributed by atoms with Crippen molar-refractivity contribution in [1.82, 2.24) is 5.32 Å². The Morgan fingerprint density at radius 2 is 2.35 bits per heavy atom. The van der Waals surface area contributed by atoms with Gasteiger partial charge in [0, 0.05) is 12.2 Å². The summed E-state index contributed by atoms with van der Waals surface area (Å²) in [7, 11) is 0. The van der Waals surface area contributed by atoms with E-state index in [-0.39, 0.29) is 22.6 Å². The number of carbonyl (C=O) groups is 1. The van der Waals surface area contributed by atoms with E-state index in [4.69, 9.17) is 11.6 Å². The topological polar surface area (TPSA) is 61.4 Å². The van der Waals surface area contributed by atoms with Crippen molar-refractivity contribution < 1.29 is 9.90 Å². The Kier molecular flexibility index (Phi) is 3.86. The molecule has 1 heterocycles. The van der Waals surface area contributed by atoms with Crippen molar-refractivity contribution in [2.75, 3.05) is 18.4 Å². The van der Waals surface area contributed by atoms with E-state index in [0.717, 1.165) is 25.9 Å². The molecule has 0 saturated carbocycles. The lowest BCUT2D eigenvalue weighted by Gasteiger charge is -2.21. The number of hydrogen-bond donors (Lipinski definition) is 3. The van der Waals surface area contributed by atoms with Crippen LogP contribution in [0.25, 0.3) is 0 Å². The molecule has 0 aliphatic carbocycles. The standard InChI is InChI=1S/C12H15ClN2O2/c13-10-6-9(3-4-11(10)16)15-12(17)8-2-1-5-14-7-8/h3-4,6,8,14,16H,1-2,5,7H2,(H,15,17)/t8-/m1/s1. The van der Waals surface area contributed by atoms with Crippen molar-refractivity contribution in [2.24, 2.45) is 5.92 Å². The van der Waals surface area contributed by atoms with Crippen LogP contribution in [-0.4, -0.2) is 24.1 Å². The molecular formula is C12H15ClN2O2. The van der Waals surface area contributed by atoms with Gasteiger partial charge >= 0.3 is 0 Å². The smallest absolute Gasteiger partial charge is 0.228 e. The lowest BCUT2D eigenvalue weighted by atomic mass is 9.99. The molecule has 0 bridgehead atoms. The van der Waals surface area contributed by atoms with Gasteiger partial charge in [-0.05, 0) is 37.6 Å². The van der Waals surface area contributed by atoms with E-state index >= 15 is 0 Å². The summed E-state index contributed by atoms with van der Waals surface area (Å²) < 4.78 is 0. The zero-order chi connectivity index (χ0) is 12.3. The van der Waals surface area contributed by atoms with Gasteiger partial charge in [-0.1, -0.05) is 11.6 Å². The predicted octanol–water partition coefficient (Wildman–Crippen LogP) is 1.98. The quantitative estimate of drug-likeness (QED) is 0.708. The number of rotatable bonds is 2. The molecule has 1 aliphatic heterocycles. The maximum Gasteiger partial charge on any atom is 0.228 e. The molecule has 4 nitrogen and oxygen atoms in total. The molecule has 1 fully saturated rings. The molecule has 1 atom stereocenters. The van der Waals surface area contributed by atoms with E-state index in [1.165, 1.54) is 6.07 Å². The summed E-state index contributed by atoms with van der Waals surface area (Å²) in [6, 6.07) is 4.65. The molecule has 1 amide bonds. The van der Waals surface area contributed by atoms with Gasteiger partial charge in [0.2, 0.25) is 5.91 Å². The number of piperidine rings is 1. The third-order valence-electron chi connectivity index (χ3n) is 2.88. The minimum absolute atomic E-state index is 0.000966. The molecule has 0 unspecified atom stereocenters. The maximum atomic E-state index is 11.9. The second kappa shape index (κ2) is 5.38. The Balaban J connectivity index is 1.99. The van der Waals surface area contributed by atoms with Gasteiger partial charge in [0.05, 0.1) is 10.9 Å². The fourth-order valence-corrected chi connectivity index (χ4v) is 2.09. The van der Waals surface area contributed by atoms with Gasteiger partial charge in [0.15, 0.2) is 0 Å². The van der Waals surface area contributed by atoms with Crippen LogP contribution in [-0.2, 0) is 4.79 Å². The van der Waals surface area contributed by atoms with Crippen molar-refractivity contribution in [3.63, 3.8) is 0 Å². The molecule has 5 heteroatoms. The molecule has 1 saturated heterocycles. The molecule has 3 N–H and O–H groups in total. The van der Waals surface area contributed by atoms with Gasteiger partial charge in [-0.15, -0.1) is 0 Å². The van der Waals surface area contributed by atoms with Gasteiger partial charge in [-0.3, -0.25) is 4.79 Å². The number of benzene rings is 1. The monoisotopic (exact) mass is 254 g/mol. The van der Waals surface area contributed by atoms with Crippen molar-refractivity contribution in [3.8, 4) is 5.75 Å². The predicted molar refractivity (Wildman–Crippen MR) is 67.3 cm³/mol. The van der Waals surface area contributed by atoms with Crippen molar-refractivity contribution in [2.45, 2.75) is 12.8 Å². The molecule has 0 aromatic heterocycles. The van der Waals surface area contributed by atoms with Gasteiger partial charge in [-0.25, -0.2) is 0 Å². The van der Waals surface area contributed by atoms with Crippen LogP contribution in [0.1, 0.15) is 12.8 Å². The summed E-state index contributed by atoms with van der Waals surface area (Å²) in [6.45, 7) is 1.70. The van der Waals surface area contributed by atoms with E-state index in [9.17, 15) is 9.90 Å². The summed E-state index contributed by atoms with van der Waals surface area (Å²) in [5.74, 6) is 0.0271. The van der Waals surface area contributed by atoms with Crippen LogP contribution in [0.3, 0.4) is 0 Å². The molecule has 2 rings (SSSR count). The van der Waals surface area contributed by atoms with E-state index in [1.54, 1.807) is 12.1 Å². The number of hydrogen-bond acceptors (Lipinski definition) is 3. The van der Waals surface area contributed by atoms with Crippen LogP contribution in [0.15, 0.2) is 18.2 Å². The lowest BCUT2D eigenvalue weighted by Crippen LogP contribution is -2.37. The summed E-state index contributed by atoms with van der Waals surface area (Å²) in [5.41, 5.74) is 0.614. The highest BCUT2D eigenvalue weighted by Gasteiger charge is 2.20. The third-order valence-corrected chi connectivity index (χ3v) is 3.19. The van der Waals surface area contributed by atoms with Crippen LogP contribution < -0.4 is 10.6 Å². The largest absolute Gasteiger partial charge is 0.506 e. The number of phenolic OH excluding ortho intramolecular Hbond substituents is 1. The number of halogens is 1. The highest BCUT2D eigenvalue weighted by Crippen LogP contribution is 2.26. The first-order valence-electron chi connectivity index (χ1n) is 5.67. The number of nitrogens with one attached hydrogen (secondary N) is 2. The average molecular weight is 255 g/mol. The molecule has 1 aliphatic rings. The first kappa shape index (κ1) is 12.2. The maximum absolute atomic E-state index is 11.9. The first-order valence-corrected chi connectivity index (χ1v) is 6.04. The molecule has 92 valence electrons. The fourth-order valence-electron chi connectivity index (χ4n) is 1.90. The van der Waals surface area contributed by atoms with E-state index in [0.29, 0.717) is 5.69 Å². The molecule has 17 heavy (non-hydrogen) atoms. The summed E-state index contributed by atoms with van der Waals surface area (Å²) in [4.78, 5) is 11.9. The highest BCUT2D eigenvalue weighted by molar-refractivity contribution is 6.32. The highest BCUT2D eigenvalue weighted by atomic mass is 35.5.